The van der Waals surface area contributed by atoms with Crippen LogP contribution in [0.5, 0.6) is 0 Å². The van der Waals surface area contributed by atoms with E-state index in [4.69, 9.17) is 16.6 Å². The predicted octanol–water partition coefficient (Wildman–Crippen LogP) is 4.39. The molecule has 96 valence electrons. The lowest BCUT2D eigenvalue weighted by molar-refractivity contribution is 0.482. The number of hydrogen-bond donors (Lipinski definition) is 0. The molecule has 1 heterocycles. The molecule has 0 amide bonds. The fourth-order valence-corrected chi connectivity index (χ4v) is 3.27. The summed E-state index contributed by atoms with van der Waals surface area (Å²) in [5, 5.41) is 0. The fraction of sp³-hybridized carbons (Fsp3) is 0.500. The zero-order valence-electron chi connectivity index (χ0n) is 10.4. The van der Waals surface area contributed by atoms with E-state index in [1.54, 1.807) is 0 Å². The van der Waals surface area contributed by atoms with Crippen molar-refractivity contribution in [1.82, 2.24) is 9.55 Å². The fourth-order valence-electron chi connectivity index (χ4n) is 2.63. The number of halogens is 2. The monoisotopic (exact) mass is 374 g/mol. The van der Waals surface area contributed by atoms with Gasteiger partial charge < -0.3 is 4.57 Å². The molecule has 18 heavy (non-hydrogen) atoms. The summed E-state index contributed by atoms with van der Waals surface area (Å²) >= 11 is 8.25. The lowest BCUT2D eigenvalue weighted by atomic mass is 10.2. The quantitative estimate of drug-likeness (QED) is 0.573. The van der Waals surface area contributed by atoms with Crippen LogP contribution in [0, 0.1) is 9.49 Å². The van der Waals surface area contributed by atoms with Crippen LogP contribution >= 0.6 is 34.2 Å². The van der Waals surface area contributed by atoms with Gasteiger partial charge in [-0.3, -0.25) is 0 Å². The topological polar surface area (TPSA) is 17.8 Å². The summed E-state index contributed by atoms with van der Waals surface area (Å²) in [6.45, 7) is 2.31. The van der Waals surface area contributed by atoms with Gasteiger partial charge in [0.1, 0.15) is 5.82 Å². The van der Waals surface area contributed by atoms with Gasteiger partial charge in [-0.15, -0.1) is 11.6 Å². The Morgan fingerprint density at radius 2 is 2.28 bits per heavy atom. The van der Waals surface area contributed by atoms with Crippen molar-refractivity contribution in [2.75, 3.05) is 5.88 Å². The van der Waals surface area contributed by atoms with Crippen LogP contribution in [0.15, 0.2) is 18.2 Å². The first-order valence-corrected chi connectivity index (χ1v) is 8.04. The lowest BCUT2D eigenvalue weighted by Gasteiger charge is -2.16. The summed E-state index contributed by atoms with van der Waals surface area (Å²) in [4.78, 5) is 4.77. The Bertz CT molecular complexity index is 574. The Balaban J connectivity index is 2.14. The third-order valence-corrected chi connectivity index (χ3v) is 4.61. The smallest absolute Gasteiger partial charge is 0.111 e. The van der Waals surface area contributed by atoms with Gasteiger partial charge in [0.2, 0.25) is 0 Å². The zero-order chi connectivity index (χ0) is 12.7. The zero-order valence-corrected chi connectivity index (χ0v) is 13.3. The van der Waals surface area contributed by atoms with Gasteiger partial charge in [-0.2, -0.15) is 0 Å². The highest BCUT2D eigenvalue weighted by molar-refractivity contribution is 14.1. The average molecular weight is 375 g/mol. The highest BCUT2D eigenvalue weighted by Gasteiger charge is 2.31. The van der Waals surface area contributed by atoms with Crippen LogP contribution in [-0.2, 0) is 6.42 Å². The van der Waals surface area contributed by atoms with Crippen molar-refractivity contribution in [1.29, 1.82) is 0 Å². The lowest BCUT2D eigenvalue weighted by Crippen LogP contribution is -2.11. The third-order valence-electron chi connectivity index (χ3n) is 3.75. The summed E-state index contributed by atoms with van der Waals surface area (Å²) in [5.74, 6) is 2.61. The van der Waals surface area contributed by atoms with Gasteiger partial charge in [-0.25, -0.2) is 4.98 Å². The Kier molecular flexibility index (Phi) is 3.54. The molecule has 1 atom stereocenters. The molecule has 0 bridgehead atoms. The molecule has 1 saturated carbocycles. The number of alkyl halides is 1. The van der Waals surface area contributed by atoms with E-state index in [1.165, 1.54) is 21.9 Å². The molecule has 0 spiro atoms. The summed E-state index contributed by atoms with van der Waals surface area (Å²) in [6.07, 6.45) is 3.56. The Morgan fingerprint density at radius 3 is 2.94 bits per heavy atom. The maximum atomic E-state index is 5.91. The maximum Gasteiger partial charge on any atom is 0.111 e. The van der Waals surface area contributed by atoms with Crippen LogP contribution in [0.3, 0.4) is 0 Å². The first-order valence-electron chi connectivity index (χ1n) is 6.43. The van der Waals surface area contributed by atoms with Crippen molar-refractivity contribution in [3.8, 4) is 0 Å². The first kappa shape index (κ1) is 12.7. The summed E-state index contributed by atoms with van der Waals surface area (Å²) in [5.41, 5.74) is 2.37. The molecule has 2 aromatic rings. The molecule has 4 heteroatoms. The van der Waals surface area contributed by atoms with E-state index in [9.17, 15) is 0 Å². The second-order valence-electron chi connectivity index (χ2n) is 5.05. The number of nitrogens with zero attached hydrogens (tertiary/aromatic N) is 2. The van der Waals surface area contributed by atoms with Gasteiger partial charge in [0.15, 0.2) is 0 Å². The van der Waals surface area contributed by atoms with Gasteiger partial charge in [-0.05, 0) is 66.5 Å². The van der Waals surface area contributed by atoms with Crippen molar-refractivity contribution in [3.05, 3.63) is 27.6 Å². The maximum absolute atomic E-state index is 5.91. The molecule has 3 rings (SSSR count). The predicted molar refractivity (Wildman–Crippen MR) is 84.3 cm³/mol. The Hall–Kier alpha value is -0.290. The molecule has 0 saturated heterocycles. The molecule has 1 aliphatic carbocycles. The largest absolute Gasteiger partial charge is 0.325 e. The van der Waals surface area contributed by atoms with E-state index in [1.807, 2.05) is 0 Å². The van der Waals surface area contributed by atoms with E-state index in [-0.39, 0.29) is 0 Å². The highest BCUT2D eigenvalue weighted by Crippen LogP contribution is 2.41. The second-order valence-corrected chi connectivity index (χ2v) is 6.67. The molecule has 1 aromatic heterocycles. The molecule has 0 radical (unpaired) electrons. The first-order chi connectivity index (χ1) is 8.70. The van der Waals surface area contributed by atoms with Gasteiger partial charge in [-0.1, -0.05) is 0 Å². The van der Waals surface area contributed by atoms with Crippen molar-refractivity contribution in [2.45, 2.75) is 32.2 Å². The SMILES string of the molecule is CC(C1CC1)n1c(CCCl)nc2cc(I)ccc21. The number of aryl methyl sites for hydroxylation is 1. The Labute approximate surface area is 126 Å². The van der Waals surface area contributed by atoms with E-state index < -0.39 is 0 Å². The normalized spacial score (nSPS) is 17.3. The number of benzene rings is 1. The van der Waals surface area contributed by atoms with Gasteiger partial charge in [0, 0.05) is 21.9 Å². The summed E-state index contributed by atoms with van der Waals surface area (Å²) in [7, 11) is 0. The van der Waals surface area contributed by atoms with Crippen LogP contribution in [0.1, 0.15) is 31.6 Å². The molecule has 0 aliphatic heterocycles. The van der Waals surface area contributed by atoms with E-state index in [0.29, 0.717) is 11.9 Å². The number of fused-ring (bicyclic) bond motifs is 1. The van der Waals surface area contributed by atoms with Crippen LogP contribution < -0.4 is 0 Å². The van der Waals surface area contributed by atoms with E-state index >= 15 is 0 Å². The van der Waals surface area contributed by atoms with E-state index in [0.717, 1.165) is 23.7 Å². The highest BCUT2D eigenvalue weighted by atomic mass is 127. The average Bonchev–Trinajstić information content (AvgIpc) is 3.11. The molecular weight excluding hydrogens is 359 g/mol. The van der Waals surface area contributed by atoms with Gasteiger partial charge in [0.25, 0.3) is 0 Å². The molecule has 2 nitrogen and oxygen atoms in total. The molecule has 1 aromatic carbocycles. The van der Waals surface area contributed by atoms with E-state index in [2.05, 4.69) is 52.3 Å². The van der Waals surface area contributed by atoms with Crippen molar-refractivity contribution in [2.24, 2.45) is 5.92 Å². The van der Waals surface area contributed by atoms with Crippen LogP contribution in [-0.4, -0.2) is 15.4 Å². The minimum absolute atomic E-state index is 0.549. The number of rotatable bonds is 4. The van der Waals surface area contributed by atoms with Gasteiger partial charge >= 0.3 is 0 Å². The standard InChI is InChI=1S/C14H16ClIN2/c1-9(10-2-3-10)18-13-5-4-11(16)8-12(13)17-14(18)6-7-15/h4-5,8-10H,2-3,6-7H2,1H3. The van der Waals surface area contributed by atoms with Crippen molar-refractivity contribution in [3.63, 3.8) is 0 Å². The molecular formula is C14H16ClIN2. The number of hydrogen-bond acceptors (Lipinski definition) is 1. The Morgan fingerprint density at radius 1 is 1.50 bits per heavy atom. The molecule has 1 fully saturated rings. The third kappa shape index (κ3) is 2.27. The molecule has 0 N–H and O–H groups in total. The van der Waals surface area contributed by atoms with Gasteiger partial charge in [0.05, 0.1) is 11.0 Å². The van der Waals surface area contributed by atoms with Crippen LogP contribution in [0.2, 0.25) is 0 Å². The molecule has 1 unspecified atom stereocenters. The minimum atomic E-state index is 0.549. The van der Waals surface area contributed by atoms with Crippen molar-refractivity contribution < 1.29 is 0 Å². The molecule has 1 aliphatic rings. The number of aromatic nitrogens is 2. The second kappa shape index (κ2) is 5.00. The number of imidazole rings is 1. The van der Waals surface area contributed by atoms with Crippen LogP contribution in [0.4, 0.5) is 0 Å². The van der Waals surface area contributed by atoms with Crippen molar-refractivity contribution >= 4 is 45.2 Å². The minimum Gasteiger partial charge on any atom is -0.325 e. The summed E-state index contributed by atoms with van der Waals surface area (Å²) < 4.78 is 3.65. The summed E-state index contributed by atoms with van der Waals surface area (Å²) in [6, 6.07) is 7.06. The van der Waals surface area contributed by atoms with Crippen LogP contribution in [0.25, 0.3) is 11.0 Å².